The van der Waals surface area contributed by atoms with Gasteiger partial charge in [0.05, 0.1) is 5.69 Å². The minimum Gasteiger partial charge on any atom is -0.351 e. The van der Waals surface area contributed by atoms with Gasteiger partial charge in [-0.1, -0.05) is 28.1 Å². The number of hydrogen-bond donors (Lipinski definition) is 1. The summed E-state index contributed by atoms with van der Waals surface area (Å²) in [4.78, 5) is 14.8. The minimum absolute atomic E-state index is 0.174. The molecule has 1 amide bonds. The van der Waals surface area contributed by atoms with E-state index in [9.17, 15) is 18.0 Å². The number of carbonyl (C=O) groups excluding carboxylic acids is 1. The highest BCUT2D eigenvalue weighted by molar-refractivity contribution is 9.10. The van der Waals surface area contributed by atoms with Crippen LogP contribution >= 0.6 is 15.9 Å². The molecule has 3 rings (SSSR count). The first kappa shape index (κ1) is 22.7. The third-order valence-electron chi connectivity index (χ3n) is 5.29. The van der Waals surface area contributed by atoms with Crippen molar-refractivity contribution < 1.29 is 18.0 Å². The first-order valence-corrected chi connectivity index (χ1v) is 10.8. The van der Waals surface area contributed by atoms with Gasteiger partial charge in [0.2, 0.25) is 0 Å². The van der Waals surface area contributed by atoms with Crippen LogP contribution in [0.1, 0.15) is 48.8 Å². The highest BCUT2D eigenvalue weighted by atomic mass is 79.9. The zero-order chi connectivity index (χ0) is 21.7. The second kappa shape index (κ2) is 9.91. The maximum absolute atomic E-state index is 13.6. The lowest BCUT2D eigenvalue weighted by Crippen LogP contribution is -2.34. The minimum atomic E-state index is -4.77. The fraction of sp³-hybridized carbons (Fsp3) is 0.550. The van der Waals surface area contributed by atoms with Gasteiger partial charge in [-0.2, -0.15) is 13.2 Å². The summed E-state index contributed by atoms with van der Waals surface area (Å²) in [5.74, 6) is -0.0910. The van der Waals surface area contributed by atoms with Gasteiger partial charge in [-0.15, -0.1) is 5.10 Å². The molecular formula is C20H25BrF3N5O. The van der Waals surface area contributed by atoms with Gasteiger partial charge in [0.25, 0.3) is 5.91 Å². The van der Waals surface area contributed by atoms with Crippen LogP contribution in [0.4, 0.5) is 13.2 Å². The average molecular weight is 488 g/mol. The molecule has 0 saturated carbocycles. The molecule has 30 heavy (non-hydrogen) atoms. The predicted octanol–water partition coefficient (Wildman–Crippen LogP) is 4.29. The number of hydrogen-bond acceptors (Lipinski definition) is 4. The number of alkyl halides is 3. The lowest BCUT2D eigenvalue weighted by Gasteiger charge is -2.30. The molecule has 6 nitrogen and oxygen atoms in total. The Morgan fingerprint density at radius 1 is 1.20 bits per heavy atom. The summed E-state index contributed by atoms with van der Waals surface area (Å²) >= 11 is 3.24. The van der Waals surface area contributed by atoms with Crippen LogP contribution in [-0.2, 0) is 6.18 Å². The van der Waals surface area contributed by atoms with E-state index < -0.39 is 23.5 Å². The van der Waals surface area contributed by atoms with E-state index >= 15 is 0 Å². The summed E-state index contributed by atoms with van der Waals surface area (Å²) in [6.07, 6.45) is -0.795. The van der Waals surface area contributed by atoms with Crippen molar-refractivity contribution in [1.82, 2.24) is 25.2 Å². The van der Waals surface area contributed by atoms with E-state index in [-0.39, 0.29) is 5.69 Å². The summed E-state index contributed by atoms with van der Waals surface area (Å²) in [5, 5.41) is 9.65. The number of carbonyl (C=O) groups is 1. The number of nitrogens with zero attached hydrogens (tertiary/aromatic N) is 4. The van der Waals surface area contributed by atoms with Crippen LogP contribution in [0.3, 0.4) is 0 Å². The average Bonchev–Trinajstić information content (AvgIpc) is 3.15. The number of piperidine rings is 1. The number of amides is 1. The molecule has 1 aliphatic rings. The fourth-order valence-electron chi connectivity index (χ4n) is 3.48. The standard InChI is InChI=1S/C20H25BrF3N5O/c1-14-8-12-28(13-9-14)11-3-2-10-25-19(30)17-18(20(22,23)24)29(27-26-17)16-6-4-15(21)5-7-16/h4-7,14H,2-3,8-13H2,1H3,(H,25,30). The van der Waals surface area contributed by atoms with Gasteiger partial charge in [0, 0.05) is 11.0 Å². The molecule has 2 aromatic rings. The molecule has 10 heteroatoms. The van der Waals surface area contributed by atoms with E-state index in [2.05, 4.69) is 43.4 Å². The van der Waals surface area contributed by atoms with Crippen molar-refractivity contribution in [3.05, 3.63) is 40.1 Å². The second-order valence-corrected chi connectivity index (χ2v) is 8.58. The zero-order valence-electron chi connectivity index (χ0n) is 16.8. The predicted molar refractivity (Wildman–Crippen MR) is 110 cm³/mol. The van der Waals surface area contributed by atoms with Crippen LogP contribution in [0, 0.1) is 5.92 Å². The van der Waals surface area contributed by atoms with Crippen LogP contribution in [0.5, 0.6) is 0 Å². The van der Waals surface area contributed by atoms with Crippen LogP contribution in [-0.4, -0.2) is 52.0 Å². The molecule has 2 heterocycles. The number of benzene rings is 1. The normalized spacial score (nSPS) is 16.0. The van der Waals surface area contributed by atoms with Crippen molar-refractivity contribution in [1.29, 1.82) is 0 Å². The Labute approximate surface area is 181 Å². The summed E-state index contributed by atoms with van der Waals surface area (Å²) in [5.41, 5.74) is -1.71. The lowest BCUT2D eigenvalue weighted by molar-refractivity contribution is -0.143. The third kappa shape index (κ3) is 5.81. The van der Waals surface area contributed by atoms with Crippen molar-refractivity contribution in [2.45, 2.75) is 38.8 Å². The van der Waals surface area contributed by atoms with E-state index in [1.54, 1.807) is 12.1 Å². The van der Waals surface area contributed by atoms with Crippen molar-refractivity contribution in [3.8, 4) is 5.69 Å². The first-order chi connectivity index (χ1) is 14.3. The quantitative estimate of drug-likeness (QED) is 0.591. The number of aromatic nitrogens is 3. The van der Waals surface area contributed by atoms with Crippen LogP contribution in [0.15, 0.2) is 28.7 Å². The number of unbranched alkanes of at least 4 members (excludes halogenated alkanes) is 1. The third-order valence-corrected chi connectivity index (χ3v) is 5.82. The smallest absolute Gasteiger partial charge is 0.351 e. The van der Waals surface area contributed by atoms with Gasteiger partial charge < -0.3 is 10.2 Å². The maximum Gasteiger partial charge on any atom is 0.435 e. The number of likely N-dealkylation sites (tertiary alicyclic amines) is 1. The molecule has 1 aliphatic heterocycles. The lowest BCUT2D eigenvalue weighted by atomic mass is 9.99. The highest BCUT2D eigenvalue weighted by Crippen LogP contribution is 2.33. The van der Waals surface area contributed by atoms with Gasteiger partial charge in [0.15, 0.2) is 11.4 Å². The summed E-state index contributed by atoms with van der Waals surface area (Å²) < 4.78 is 42.3. The molecule has 164 valence electrons. The Kier molecular flexibility index (Phi) is 7.51. The molecule has 1 aromatic heterocycles. The topological polar surface area (TPSA) is 63.1 Å². The number of rotatable bonds is 7. The Morgan fingerprint density at radius 2 is 1.87 bits per heavy atom. The van der Waals surface area contributed by atoms with E-state index in [4.69, 9.17) is 0 Å². The molecule has 0 bridgehead atoms. The Bertz CT molecular complexity index is 845. The van der Waals surface area contributed by atoms with Gasteiger partial charge in [-0.25, -0.2) is 4.68 Å². The molecule has 1 saturated heterocycles. The van der Waals surface area contributed by atoms with Gasteiger partial charge in [0.1, 0.15) is 0 Å². The largest absolute Gasteiger partial charge is 0.435 e. The van der Waals surface area contributed by atoms with Crippen molar-refractivity contribution in [2.24, 2.45) is 5.92 Å². The summed E-state index contributed by atoms with van der Waals surface area (Å²) in [7, 11) is 0. The van der Waals surface area contributed by atoms with Crippen LogP contribution < -0.4 is 5.32 Å². The summed E-state index contributed by atoms with van der Waals surface area (Å²) in [6.45, 7) is 5.67. The Balaban J connectivity index is 1.58. The van der Waals surface area contributed by atoms with E-state index in [0.717, 1.165) is 36.4 Å². The van der Waals surface area contributed by atoms with E-state index in [1.165, 1.54) is 25.0 Å². The first-order valence-electron chi connectivity index (χ1n) is 10.0. The monoisotopic (exact) mass is 487 g/mol. The molecule has 0 radical (unpaired) electrons. The van der Waals surface area contributed by atoms with Gasteiger partial charge in [-0.3, -0.25) is 4.79 Å². The Morgan fingerprint density at radius 3 is 2.50 bits per heavy atom. The molecule has 0 aliphatic carbocycles. The molecule has 0 unspecified atom stereocenters. The fourth-order valence-corrected chi connectivity index (χ4v) is 3.75. The highest BCUT2D eigenvalue weighted by Gasteiger charge is 2.41. The number of nitrogens with one attached hydrogen (secondary N) is 1. The van der Waals surface area contributed by atoms with Crippen LogP contribution in [0.2, 0.25) is 0 Å². The molecule has 0 atom stereocenters. The molecular weight excluding hydrogens is 463 g/mol. The van der Waals surface area contributed by atoms with Gasteiger partial charge >= 0.3 is 6.18 Å². The molecule has 1 fully saturated rings. The maximum atomic E-state index is 13.6. The van der Waals surface area contributed by atoms with Crippen molar-refractivity contribution in [3.63, 3.8) is 0 Å². The molecule has 1 N–H and O–H groups in total. The van der Waals surface area contributed by atoms with Crippen LogP contribution in [0.25, 0.3) is 5.69 Å². The van der Waals surface area contributed by atoms with Crippen molar-refractivity contribution in [2.75, 3.05) is 26.2 Å². The van der Waals surface area contributed by atoms with Crippen molar-refractivity contribution >= 4 is 21.8 Å². The second-order valence-electron chi connectivity index (χ2n) is 7.66. The SMILES string of the molecule is CC1CCN(CCCCNC(=O)c2nnn(-c3ccc(Br)cc3)c2C(F)(F)F)CC1. The molecule has 1 aromatic carbocycles. The van der Waals surface area contributed by atoms with Gasteiger partial charge in [-0.05, 0) is 75.5 Å². The number of halogens is 4. The molecule has 0 spiro atoms. The Hall–Kier alpha value is -1.94. The zero-order valence-corrected chi connectivity index (χ0v) is 18.3. The van der Waals surface area contributed by atoms with E-state index in [1.807, 2.05) is 0 Å². The van der Waals surface area contributed by atoms with E-state index in [0.29, 0.717) is 17.6 Å². The summed E-state index contributed by atoms with van der Waals surface area (Å²) in [6, 6.07) is 6.13.